The zero-order chi connectivity index (χ0) is 24.6. The number of carbonyl (C=O) groups excluding carboxylic acids is 3. The molecule has 2 atom stereocenters. The number of rotatable bonds is 3. The van der Waals surface area contributed by atoms with Crippen LogP contribution in [0.2, 0.25) is 0 Å². The van der Waals surface area contributed by atoms with Gasteiger partial charge in [-0.3, -0.25) is 14.6 Å². The van der Waals surface area contributed by atoms with Crippen molar-refractivity contribution >= 4 is 47.4 Å². The van der Waals surface area contributed by atoms with E-state index in [2.05, 4.69) is 17.6 Å². The Balaban J connectivity index is 1.94. The molecule has 2 aromatic carbocycles. The number of methoxy groups -OCH3 is 1. The molecule has 1 heterocycles. The number of fused-ring (bicyclic) bond motifs is 2. The van der Waals surface area contributed by atoms with E-state index in [0.29, 0.717) is 35.5 Å². The zero-order valence-electron chi connectivity index (χ0n) is 18.1. The molecular formula is C24H21F3N2O4S. The van der Waals surface area contributed by atoms with Gasteiger partial charge in [-0.25, -0.2) is 4.79 Å². The zero-order valence-corrected chi connectivity index (χ0v) is 19.0. The van der Waals surface area contributed by atoms with Gasteiger partial charge < -0.3 is 9.64 Å². The molecule has 1 saturated carbocycles. The topological polar surface area (TPSA) is 76.0 Å². The average molecular weight is 491 g/mol. The summed E-state index contributed by atoms with van der Waals surface area (Å²) in [6.07, 6.45) is -3.20. The molecule has 1 aliphatic carbocycles. The molecule has 10 heteroatoms. The Bertz CT molecular complexity index is 1180. The van der Waals surface area contributed by atoms with Gasteiger partial charge in [-0.05, 0) is 48.7 Å². The van der Waals surface area contributed by atoms with E-state index in [1.165, 1.54) is 42.3 Å². The van der Waals surface area contributed by atoms with E-state index in [0.717, 1.165) is 12.1 Å². The van der Waals surface area contributed by atoms with E-state index in [1.54, 1.807) is 0 Å². The fraction of sp³-hybridized carbons (Fsp3) is 0.333. The molecule has 1 amide bonds. The number of anilines is 1. The number of thiol groups is 1. The summed E-state index contributed by atoms with van der Waals surface area (Å²) in [5, 5.41) is 0. The lowest BCUT2D eigenvalue weighted by atomic mass is 9.77. The molecule has 1 unspecified atom stereocenters. The van der Waals surface area contributed by atoms with E-state index in [9.17, 15) is 27.6 Å². The van der Waals surface area contributed by atoms with Gasteiger partial charge in [-0.15, -0.1) is 0 Å². The minimum Gasteiger partial charge on any atom is -0.465 e. The van der Waals surface area contributed by atoms with Crippen molar-refractivity contribution < 1.29 is 32.3 Å². The highest BCUT2D eigenvalue weighted by Crippen LogP contribution is 2.46. The van der Waals surface area contributed by atoms with Gasteiger partial charge >= 0.3 is 12.1 Å². The summed E-state index contributed by atoms with van der Waals surface area (Å²) >= 11 is 4.13. The second kappa shape index (κ2) is 9.25. The number of ketones is 1. The molecule has 1 fully saturated rings. The normalized spacial score (nSPS) is 20.1. The number of alkyl halides is 3. The second-order valence-electron chi connectivity index (χ2n) is 8.08. The van der Waals surface area contributed by atoms with Gasteiger partial charge in [0.1, 0.15) is 5.78 Å². The lowest BCUT2D eigenvalue weighted by Gasteiger charge is -2.37. The first-order valence-corrected chi connectivity index (χ1v) is 11.2. The highest BCUT2D eigenvalue weighted by atomic mass is 32.1. The number of esters is 1. The lowest BCUT2D eigenvalue weighted by molar-refractivity contribution is -0.137. The molecule has 34 heavy (non-hydrogen) atoms. The number of halogens is 3. The number of nitrogens with zero attached hydrogens (tertiary/aromatic N) is 2. The first kappa shape index (κ1) is 24.0. The first-order valence-electron chi connectivity index (χ1n) is 10.6. The van der Waals surface area contributed by atoms with Crippen LogP contribution in [0, 0.1) is 5.92 Å². The van der Waals surface area contributed by atoms with Crippen molar-refractivity contribution in [1.82, 2.24) is 0 Å². The molecule has 0 bridgehead atoms. The molecule has 0 N–H and O–H groups in total. The standard InChI is InChI=1S/C24H21F3N2O4S/c1-33-23(32)14-7-10-18-17(11-14)28-16-3-2-4-19(30)21(16)22(29(18)20(31)12-34)13-5-8-15(9-6-13)24(25,26)27/h5-11,21-22,34H,2-4,12H2,1H3/t21?,22-/m1/s1. The third kappa shape index (κ3) is 4.34. The molecule has 0 spiro atoms. The van der Waals surface area contributed by atoms with Crippen LogP contribution in [-0.4, -0.2) is 36.2 Å². The van der Waals surface area contributed by atoms with Crippen molar-refractivity contribution in [3.63, 3.8) is 0 Å². The van der Waals surface area contributed by atoms with Crippen molar-refractivity contribution in [3.8, 4) is 0 Å². The summed E-state index contributed by atoms with van der Waals surface area (Å²) in [6, 6.07) is 8.05. The van der Waals surface area contributed by atoms with Crippen LogP contribution in [0.1, 0.15) is 46.8 Å². The van der Waals surface area contributed by atoms with Crippen molar-refractivity contribution in [2.45, 2.75) is 31.5 Å². The number of aliphatic imine (C=N–C) groups is 1. The van der Waals surface area contributed by atoms with Crippen molar-refractivity contribution in [1.29, 1.82) is 0 Å². The first-order chi connectivity index (χ1) is 16.2. The Morgan fingerprint density at radius 1 is 1.15 bits per heavy atom. The Morgan fingerprint density at radius 2 is 1.85 bits per heavy atom. The van der Waals surface area contributed by atoms with Crippen LogP contribution in [-0.2, 0) is 20.5 Å². The average Bonchev–Trinajstić information content (AvgIpc) is 2.97. The number of carbonyl (C=O) groups is 3. The van der Waals surface area contributed by atoms with Crippen LogP contribution >= 0.6 is 12.6 Å². The monoisotopic (exact) mass is 490 g/mol. The predicted molar refractivity (Wildman–Crippen MR) is 123 cm³/mol. The quantitative estimate of drug-likeness (QED) is 0.488. The number of Topliss-reactive ketones (excluding diaryl/α,β-unsaturated/α-hetero) is 1. The van der Waals surface area contributed by atoms with E-state index in [4.69, 9.17) is 4.74 Å². The molecule has 4 rings (SSSR count). The van der Waals surface area contributed by atoms with Crippen LogP contribution in [0.4, 0.5) is 24.5 Å². The fourth-order valence-corrected chi connectivity index (χ4v) is 4.67. The van der Waals surface area contributed by atoms with Crippen LogP contribution in [0.5, 0.6) is 0 Å². The number of hydrogen-bond acceptors (Lipinski definition) is 6. The summed E-state index contributed by atoms with van der Waals surface area (Å²) in [5.74, 6) is -2.22. The minimum atomic E-state index is -4.52. The lowest BCUT2D eigenvalue weighted by Crippen LogP contribution is -2.45. The summed E-state index contributed by atoms with van der Waals surface area (Å²) in [7, 11) is 1.24. The van der Waals surface area contributed by atoms with Crippen molar-refractivity contribution in [2.24, 2.45) is 10.9 Å². The van der Waals surface area contributed by atoms with Crippen LogP contribution < -0.4 is 4.90 Å². The maximum absolute atomic E-state index is 13.2. The number of amides is 1. The molecule has 0 radical (unpaired) electrons. The third-order valence-electron chi connectivity index (χ3n) is 6.06. The van der Waals surface area contributed by atoms with Crippen LogP contribution in [0.3, 0.4) is 0 Å². The Morgan fingerprint density at radius 3 is 2.47 bits per heavy atom. The van der Waals surface area contributed by atoms with Crippen molar-refractivity contribution in [2.75, 3.05) is 17.8 Å². The fourth-order valence-electron chi connectivity index (χ4n) is 4.52. The molecule has 0 aromatic heterocycles. The van der Waals surface area contributed by atoms with E-state index in [-0.39, 0.29) is 23.5 Å². The molecule has 1 aliphatic heterocycles. The molecular weight excluding hydrogens is 469 g/mol. The Hall–Kier alpha value is -3.14. The SMILES string of the molecule is COC(=O)c1ccc2c(c1)N=C1CCCC(=O)C1[C@@H](c1ccc(C(F)(F)F)cc1)N2C(=O)CS. The van der Waals surface area contributed by atoms with Crippen LogP contribution in [0.25, 0.3) is 0 Å². The molecule has 178 valence electrons. The smallest absolute Gasteiger partial charge is 0.416 e. The van der Waals surface area contributed by atoms with Gasteiger partial charge in [0, 0.05) is 12.1 Å². The second-order valence-corrected chi connectivity index (χ2v) is 8.40. The van der Waals surface area contributed by atoms with Gasteiger partial charge in [0.15, 0.2) is 0 Å². The summed E-state index contributed by atoms with van der Waals surface area (Å²) < 4.78 is 44.3. The molecule has 2 aliphatic rings. The highest BCUT2D eigenvalue weighted by molar-refractivity contribution is 7.81. The Labute approximate surface area is 199 Å². The maximum atomic E-state index is 13.2. The number of ether oxygens (including phenoxy) is 1. The van der Waals surface area contributed by atoms with Gasteiger partial charge in [-0.2, -0.15) is 25.8 Å². The van der Waals surface area contributed by atoms with Gasteiger partial charge in [0.2, 0.25) is 5.91 Å². The highest BCUT2D eigenvalue weighted by Gasteiger charge is 2.44. The van der Waals surface area contributed by atoms with Gasteiger partial charge in [0.25, 0.3) is 0 Å². The van der Waals surface area contributed by atoms with Gasteiger partial charge in [-0.1, -0.05) is 12.1 Å². The number of benzene rings is 2. The molecule has 2 aromatic rings. The molecule has 6 nitrogen and oxygen atoms in total. The van der Waals surface area contributed by atoms with E-state index < -0.39 is 35.6 Å². The third-order valence-corrected chi connectivity index (χ3v) is 6.33. The minimum absolute atomic E-state index is 0.146. The van der Waals surface area contributed by atoms with Gasteiger partial charge in [0.05, 0.1) is 47.3 Å². The van der Waals surface area contributed by atoms with Crippen LogP contribution in [0.15, 0.2) is 47.5 Å². The summed E-state index contributed by atoms with van der Waals surface area (Å²) in [6.45, 7) is 0. The van der Waals surface area contributed by atoms with E-state index >= 15 is 0 Å². The maximum Gasteiger partial charge on any atom is 0.416 e. The summed E-state index contributed by atoms with van der Waals surface area (Å²) in [5.41, 5.74) is 0.938. The van der Waals surface area contributed by atoms with E-state index in [1.807, 2.05) is 0 Å². The largest absolute Gasteiger partial charge is 0.465 e. The summed E-state index contributed by atoms with van der Waals surface area (Å²) in [4.78, 5) is 44.4. The Kier molecular flexibility index (Phi) is 6.53. The number of hydrogen-bond donors (Lipinski definition) is 1. The van der Waals surface area contributed by atoms with Crippen molar-refractivity contribution in [3.05, 3.63) is 59.2 Å². The predicted octanol–water partition coefficient (Wildman–Crippen LogP) is 4.95. The molecule has 0 saturated heterocycles.